The number of hydrogen-bond acceptors (Lipinski definition) is 6. The molecule has 0 bridgehead atoms. The van der Waals surface area contributed by atoms with Gasteiger partial charge in [-0.05, 0) is 51.1 Å². The van der Waals surface area contributed by atoms with E-state index in [1.807, 2.05) is 6.92 Å². The van der Waals surface area contributed by atoms with Gasteiger partial charge in [-0.2, -0.15) is 0 Å². The number of nitrogens with one attached hydrogen (secondary N) is 1. The molecule has 7 nitrogen and oxygen atoms in total. The summed E-state index contributed by atoms with van der Waals surface area (Å²) in [6, 6.07) is 11.2. The second-order valence-electron chi connectivity index (χ2n) is 5.97. The van der Waals surface area contributed by atoms with Gasteiger partial charge >= 0.3 is 5.97 Å². The molecule has 0 heterocycles. The molecule has 0 spiro atoms. The van der Waals surface area contributed by atoms with Crippen LogP contribution in [0.5, 0.6) is 11.5 Å². The van der Waals surface area contributed by atoms with Crippen LogP contribution in [0.2, 0.25) is 0 Å². The van der Waals surface area contributed by atoms with Crippen molar-refractivity contribution in [2.45, 2.75) is 26.9 Å². The van der Waals surface area contributed by atoms with Crippen molar-refractivity contribution < 1.29 is 28.6 Å². The molecule has 0 aliphatic carbocycles. The molecule has 0 radical (unpaired) electrons. The fraction of sp³-hybridized carbons (Fsp3) is 0.286. The van der Waals surface area contributed by atoms with Crippen LogP contribution in [0, 0.1) is 0 Å². The van der Waals surface area contributed by atoms with Crippen molar-refractivity contribution in [2.75, 3.05) is 19.0 Å². The molecule has 148 valence electrons. The average Bonchev–Trinajstić information content (AvgIpc) is 2.68. The highest BCUT2D eigenvalue weighted by Crippen LogP contribution is 2.28. The lowest BCUT2D eigenvalue weighted by Crippen LogP contribution is -2.30. The Labute approximate surface area is 163 Å². The van der Waals surface area contributed by atoms with Crippen molar-refractivity contribution in [2.24, 2.45) is 0 Å². The lowest BCUT2D eigenvalue weighted by Gasteiger charge is -2.15. The fourth-order valence-corrected chi connectivity index (χ4v) is 2.41. The quantitative estimate of drug-likeness (QED) is 0.553. The predicted octanol–water partition coefficient (Wildman–Crippen LogP) is 3.48. The average molecular weight is 385 g/mol. The van der Waals surface area contributed by atoms with E-state index >= 15 is 0 Å². The van der Waals surface area contributed by atoms with Crippen LogP contribution < -0.4 is 14.8 Å². The molecular formula is C21H23NO6. The molecule has 7 heteroatoms. The minimum Gasteiger partial charge on any atom is -0.493 e. The number of rotatable bonds is 8. The molecule has 1 amide bonds. The van der Waals surface area contributed by atoms with Gasteiger partial charge in [-0.25, -0.2) is 4.79 Å². The van der Waals surface area contributed by atoms with Crippen LogP contribution in [0.3, 0.4) is 0 Å². The number of carbonyl (C=O) groups is 3. The highest BCUT2D eigenvalue weighted by atomic mass is 16.5. The Hall–Kier alpha value is -3.35. The molecule has 0 aromatic heterocycles. The second-order valence-corrected chi connectivity index (χ2v) is 5.97. The Morgan fingerprint density at radius 2 is 1.79 bits per heavy atom. The maximum atomic E-state index is 12.4. The summed E-state index contributed by atoms with van der Waals surface area (Å²) in [6.45, 7) is 5.14. The molecule has 1 atom stereocenters. The van der Waals surface area contributed by atoms with Gasteiger partial charge in [0.1, 0.15) is 0 Å². The number of amides is 1. The molecule has 1 N–H and O–H groups in total. The summed E-state index contributed by atoms with van der Waals surface area (Å²) in [7, 11) is 1.50. The van der Waals surface area contributed by atoms with Gasteiger partial charge in [0.2, 0.25) is 0 Å². The largest absolute Gasteiger partial charge is 0.493 e. The Bertz CT molecular complexity index is 877. The Kier molecular flexibility index (Phi) is 7.14. The zero-order chi connectivity index (χ0) is 20.7. The molecule has 0 aliphatic heterocycles. The van der Waals surface area contributed by atoms with Crippen molar-refractivity contribution >= 4 is 23.3 Å². The van der Waals surface area contributed by atoms with Gasteiger partial charge < -0.3 is 19.5 Å². The van der Waals surface area contributed by atoms with Crippen molar-refractivity contribution in [3.05, 3.63) is 53.6 Å². The van der Waals surface area contributed by atoms with E-state index in [1.54, 1.807) is 30.3 Å². The maximum Gasteiger partial charge on any atom is 0.339 e. The standard InChI is InChI=1S/C21H23NO6/c1-5-27-19-12-16(9-10-18(19)26-4)21(25)28-14(3)20(24)22-17-8-6-7-15(11-17)13(2)23/h6-12,14H,5H2,1-4H3,(H,22,24). The number of ether oxygens (including phenoxy) is 3. The molecule has 2 rings (SSSR count). The lowest BCUT2D eigenvalue weighted by atomic mass is 10.1. The van der Waals surface area contributed by atoms with E-state index in [1.165, 1.54) is 33.1 Å². The highest BCUT2D eigenvalue weighted by Gasteiger charge is 2.20. The van der Waals surface area contributed by atoms with Gasteiger partial charge in [-0.15, -0.1) is 0 Å². The SMILES string of the molecule is CCOc1cc(C(=O)OC(C)C(=O)Nc2cccc(C(C)=O)c2)ccc1OC. The topological polar surface area (TPSA) is 90.9 Å². The van der Waals surface area contributed by atoms with Crippen LogP contribution in [-0.2, 0) is 9.53 Å². The monoisotopic (exact) mass is 385 g/mol. The van der Waals surface area contributed by atoms with Gasteiger partial charge in [-0.1, -0.05) is 12.1 Å². The smallest absolute Gasteiger partial charge is 0.339 e. The van der Waals surface area contributed by atoms with E-state index in [0.717, 1.165) is 0 Å². The summed E-state index contributed by atoms with van der Waals surface area (Å²) in [5.41, 5.74) is 1.16. The third kappa shape index (κ3) is 5.33. The van der Waals surface area contributed by atoms with Crippen LogP contribution in [-0.4, -0.2) is 37.5 Å². The fourth-order valence-electron chi connectivity index (χ4n) is 2.41. The van der Waals surface area contributed by atoms with Gasteiger partial charge in [0.05, 0.1) is 19.3 Å². The number of benzene rings is 2. The summed E-state index contributed by atoms with van der Waals surface area (Å²) in [5.74, 6) is -0.372. The second kappa shape index (κ2) is 9.55. The van der Waals surface area contributed by atoms with Crippen molar-refractivity contribution in [1.82, 2.24) is 0 Å². The predicted molar refractivity (Wildman–Crippen MR) is 104 cm³/mol. The zero-order valence-electron chi connectivity index (χ0n) is 16.3. The molecule has 1 unspecified atom stereocenters. The van der Waals surface area contributed by atoms with E-state index in [-0.39, 0.29) is 11.3 Å². The summed E-state index contributed by atoms with van der Waals surface area (Å²) < 4.78 is 15.9. The third-order valence-corrected chi connectivity index (χ3v) is 3.89. The van der Waals surface area contributed by atoms with E-state index in [4.69, 9.17) is 14.2 Å². The molecule has 0 saturated carbocycles. The first-order valence-electron chi connectivity index (χ1n) is 8.79. The molecular weight excluding hydrogens is 362 g/mol. The summed E-state index contributed by atoms with van der Waals surface area (Å²) >= 11 is 0. The maximum absolute atomic E-state index is 12.4. The summed E-state index contributed by atoms with van der Waals surface area (Å²) in [5, 5.41) is 2.63. The molecule has 2 aromatic rings. The van der Waals surface area contributed by atoms with E-state index in [2.05, 4.69) is 5.32 Å². The van der Waals surface area contributed by atoms with Crippen LogP contribution in [0.1, 0.15) is 41.5 Å². The normalized spacial score (nSPS) is 11.3. The van der Waals surface area contributed by atoms with Crippen LogP contribution in [0.15, 0.2) is 42.5 Å². The molecule has 28 heavy (non-hydrogen) atoms. The number of ketones is 1. The minimum atomic E-state index is -1.04. The number of methoxy groups -OCH3 is 1. The number of Topliss-reactive ketones (excluding diaryl/α,β-unsaturated/α-hetero) is 1. The van der Waals surface area contributed by atoms with Crippen LogP contribution in [0.25, 0.3) is 0 Å². The first kappa shape index (κ1) is 21.0. The Morgan fingerprint density at radius 1 is 1.04 bits per heavy atom. The minimum absolute atomic E-state index is 0.111. The molecule has 0 fully saturated rings. The van der Waals surface area contributed by atoms with Gasteiger partial charge in [0, 0.05) is 11.3 Å². The van der Waals surface area contributed by atoms with Crippen LogP contribution >= 0.6 is 0 Å². The van der Waals surface area contributed by atoms with Gasteiger partial charge in [-0.3, -0.25) is 9.59 Å². The summed E-state index contributed by atoms with van der Waals surface area (Å²) in [6.07, 6.45) is -1.04. The third-order valence-electron chi connectivity index (χ3n) is 3.89. The van der Waals surface area contributed by atoms with E-state index < -0.39 is 18.0 Å². The van der Waals surface area contributed by atoms with Crippen LogP contribution in [0.4, 0.5) is 5.69 Å². The molecule has 0 saturated heterocycles. The number of esters is 1. The van der Waals surface area contributed by atoms with Crippen molar-refractivity contribution in [1.29, 1.82) is 0 Å². The Balaban J connectivity index is 2.05. The van der Waals surface area contributed by atoms with E-state index in [0.29, 0.717) is 29.4 Å². The van der Waals surface area contributed by atoms with Gasteiger partial charge in [0.15, 0.2) is 23.4 Å². The van der Waals surface area contributed by atoms with Crippen molar-refractivity contribution in [3.8, 4) is 11.5 Å². The highest BCUT2D eigenvalue weighted by molar-refractivity contribution is 5.99. The lowest BCUT2D eigenvalue weighted by molar-refractivity contribution is -0.123. The van der Waals surface area contributed by atoms with Gasteiger partial charge in [0.25, 0.3) is 5.91 Å². The van der Waals surface area contributed by atoms with E-state index in [9.17, 15) is 14.4 Å². The number of anilines is 1. The summed E-state index contributed by atoms with van der Waals surface area (Å²) in [4.78, 5) is 36.1. The number of hydrogen-bond donors (Lipinski definition) is 1. The Morgan fingerprint density at radius 3 is 2.43 bits per heavy atom. The number of carbonyl (C=O) groups excluding carboxylic acids is 3. The first-order chi connectivity index (χ1) is 13.3. The first-order valence-corrected chi connectivity index (χ1v) is 8.79. The molecule has 2 aromatic carbocycles. The molecule has 0 aliphatic rings. The van der Waals surface area contributed by atoms with Crippen molar-refractivity contribution in [3.63, 3.8) is 0 Å². The zero-order valence-corrected chi connectivity index (χ0v) is 16.3.